The van der Waals surface area contributed by atoms with Crippen LogP contribution < -0.4 is 15.0 Å². The number of pyridine rings is 1. The molecule has 10 nitrogen and oxygen atoms in total. The predicted octanol–water partition coefficient (Wildman–Crippen LogP) is 5.16. The molecule has 0 unspecified atom stereocenters. The van der Waals surface area contributed by atoms with Crippen LogP contribution in [0.25, 0.3) is 16.3 Å². The average Bonchev–Trinajstić information content (AvgIpc) is 3.55. The van der Waals surface area contributed by atoms with Crippen LogP contribution in [0.15, 0.2) is 66.8 Å². The number of carbonyl (C=O) groups is 1. The lowest BCUT2D eigenvalue weighted by molar-refractivity contribution is -0.129. The van der Waals surface area contributed by atoms with Gasteiger partial charge in [-0.25, -0.2) is 4.39 Å². The first kappa shape index (κ1) is 32.9. The van der Waals surface area contributed by atoms with E-state index in [0.717, 1.165) is 41.4 Å². The van der Waals surface area contributed by atoms with Gasteiger partial charge < -0.3 is 24.8 Å². The lowest BCUT2D eigenvalue weighted by Crippen LogP contribution is -2.52. The summed E-state index contributed by atoms with van der Waals surface area (Å²) in [6.07, 6.45) is 5.98. The number of hydrogen-bond acceptors (Lipinski definition) is 9. The molecule has 0 bridgehead atoms. The largest absolute Gasteiger partial charge is 0.462 e. The van der Waals surface area contributed by atoms with Crippen molar-refractivity contribution in [1.82, 2.24) is 30.1 Å². The summed E-state index contributed by atoms with van der Waals surface area (Å²) in [7, 11) is 2.08. The molecule has 3 aliphatic heterocycles. The molecule has 0 saturated carbocycles. The van der Waals surface area contributed by atoms with Gasteiger partial charge >= 0.3 is 6.01 Å². The molecule has 2 atom stereocenters. The Morgan fingerprint density at radius 3 is 2.78 bits per heavy atom. The third-order valence-electron chi connectivity index (χ3n) is 9.77. The van der Waals surface area contributed by atoms with E-state index in [1.165, 1.54) is 4.90 Å². The highest BCUT2D eigenvalue weighted by molar-refractivity contribution is 6.36. The Bertz CT molecular complexity index is 1930. The lowest BCUT2D eigenvalue weighted by Gasteiger charge is -2.33. The lowest BCUT2D eigenvalue weighted by atomic mass is 9.93. The number of nitrogens with zero attached hydrogens (tertiary/aromatic N) is 7. The zero-order valence-corrected chi connectivity index (χ0v) is 28.2. The van der Waals surface area contributed by atoms with E-state index in [1.54, 1.807) is 24.5 Å². The quantitative estimate of drug-likeness (QED) is 0.253. The number of benzene rings is 2. The molecule has 5 heterocycles. The minimum Gasteiger partial charge on any atom is -0.462 e. The number of rotatable bonds is 8. The SMILES string of the molecule is CN1CCC[C@H]1COc1nc2c(c(/C(=C(\F)C(=O)N3CCN[C@@H](CC#N)C3)c3cccnc3)n1)CCN(c1cccc3cccc(Cl)c13)C2. The molecular formula is C37H38ClFN8O2. The van der Waals surface area contributed by atoms with E-state index in [1.807, 2.05) is 30.3 Å². The Labute approximate surface area is 290 Å². The molecule has 2 fully saturated rings. The standard InChI is InChI=1S/C37H38ClFN8O2/c1-45-17-5-9-27(45)23-49-37-43-30-22-46(31-11-3-7-24-6-2-10-29(38)32(24)31)18-13-28(30)35(44-37)33(25-8-4-15-41-20-25)34(39)36(48)47-19-16-42-26(21-47)12-14-40/h2-4,6-8,10-11,15,20,26-27,42H,5,9,12-13,16-19,21-23H2,1H3/b34-33-/t26-,27-/m0/s1. The van der Waals surface area contributed by atoms with Gasteiger partial charge in [0.1, 0.15) is 6.61 Å². The van der Waals surface area contributed by atoms with Gasteiger partial charge in [-0.1, -0.05) is 41.9 Å². The van der Waals surface area contributed by atoms with Crippen molar-refractivity contribution in [1.29, 1.82) is 5.26 Å². The maximum atomic E-state index is 16.9. The monoisotopic (exact) mass is 680 g/mol. The highest BCUT2D eigenvalue weighted by atomic mass is 35.5. The van der Waals surface area contributed by atoms with Crippen molar-refractivity contribution in [3.63, 3.8) is 0 Å². The van der Waals surface area contributed by atoms with Crippen LogP contribution in [0, 0.1) is 11.3 Å². The number of halogens is 2. The van der Waals surface area contributed by atoms with Crippen molar-refractivity contribution in [2.45, 2.75) is 44.3 Å². The van der Waals surface area contributed by atoms with Crippen molar-refractivity contribution in [2.75, 3.05) is 51.3 Å². The van der Waals surface area contributed by atoms with E-state index in [-0.39, 0.29) is 36.6 Å². The molecule has 2 saturated heterocycles. The highest BCUT2D eigenvalue weighted by Gasteiger charge is 2.33. The summed E-state index contributed by atoms with van der Waals surface area (Å²) in [6, 6.07) is 17.7. The first-order chi connectivity index (χ1) is 23.9. The summed E-state index contributed by atoms with van der Waals surface area (Å²) in [6.45, 7) is 3.43. The summed E-state index contributed by atoms with van der Waals surface area (Å²) in [5, 5.41) is 15.1. The van der Waals surface area contributed by atoms with Crippen LogP contribution >= 0.6 is 11.6 Å². The molecule has 252 valence electrons. The van der Waals surface area contributed by atoms with Gasteiger partial charge in [-0.2, -0.15) is 15.2 Å². The Morgan fingerprint density at radius 1 is 1.14 bits per heavy atom. The van der Waals surface area contributed by atoms with E-state index < -0.39 is 11.7 Å². The van der Waals surface area contributed by atoms with E-state index in [9.17, 15) is 10.1 Å². The summed E-state index contributed by atoms with van der Waals surface area (Å²) in [4.78, 5) is 33.9. The fourth-order valence-corrected chi connectivity index (χ4v) is 7.44. The Morgan fingerprint density at radius 2 is 2.00 bits per heavy atom. The second-order valence-corrected chi connectivity index (χ2v) is 13.3. The summed E-state index contributed by atoms with van der Waals surface area (Å²) in [5.41, 5.74) is 3.28. The fraction of sp³-hybridized carbons (Fsp3) is 0.378. The van der Waals surface area contributed by atoms with Gasteiger partial charge in [-0.05, 0) is 56.4 Å². The second kappa shape index (κ2) is 14.5. The Kier molecular flexibility index (Phi) is 9.71. The van der Waals surface area contributed by atoms with Gasteiger partial charge in [0.05, 0.1) is 41.0 Å². The first-order valence-electron chi connectivity index (χ1n) is 16.8. The molecule has 3 aliphatic rings. The van der Waals surface area contributed by atoms with E-state index in [0.29, 0.717) is 61.2 Å². The van der Waals surface area contributed by atoms with Crippen LogP contribution in [0.2, 0.25) is 5.02 Å². The molecule has 7 rings (SSSR count). The maximum absolute atomic E-state index is 16.9. The Hall–Kier alpha value is -4.63. The number of anilines is 1. The van der Waals surface area contributed by atoms with Gasteiger partial charge in [0.15, 0.2) is 5.83 Å². The molecule has 49 heavy (non-hydrogen) atoms. The van der Waals surface area contributed by atoms with E-state index in [2.05, 4.69) is 39.3 Å². The highest BCUT2D eigenvalue weighted by Crippen LogP contribution is 2.38. The number of hydrogen-bond donors (Lipinski definition) is 1. The number of likely N-dealkylation sites (tertiary alicyclic amines) is 1. The molecule has 1 N–H and O–H groups in total. The fourth-order valence-electron chi connectivity index (χ4n) is 7.17. The third kappa shape index (κ3) is 6.81. The molecule has 2 aromatic carbocycles. The zero-order valence-electron chi connectivity index (χ0n) is 27.4. The number of aromatic nitrogens is 3. The van der Waals surface area contributed by atoms with Crippen molar-refractivity contribution in [2.24, 2.45) is 0 Å². The topological polar surface area (TPSA) is 111 Å². The van der Waals surface area contributed by atoms with E-state index in [4.69, 9.17) is 26.3 Å². The molecule has 1 amide bonds. The normalized spacial score (nSPS) is 20.1. The predicted molar refractivity (Wildman–Crippen MR) is 187 cm³/mol. The van der Waals surface area contributed by atoms with Gasteiger partial charge in [0.2, 0.25) is 0 Å². The number of nitriles is 1. The van der Waals surface area contributed by atoms with Gasteiger partial charge in [0.25, 0.3) is 5.91 Å². The molecule has 0 radical (unpaired) electrons. The number of piperazine rings is 1. The number of ether oxygens (including phenoxy) is 1. The summed E-state index contributed by atoms with van der Waals surface area (Å²) < 4.78 is 23.2. The van der Waals surface area contributed by atoms with Crippen LogP contribution in [0.1, 0.15) is 41.8 Å². The number of amides is 1. The smallest absolute Gasteiger partial charge is 0.317 e. The van der Waals surface area contributed by atoms with Crippen molar-refractivity contribution >= 4 is 39.5 Å². The second-order valence-electron chi connectivity index (χ2n) is 12.8. The molecular weight excluding hydrogens is 643 g/mol. The number of carbonyl (C=O) groups excluding carboxylic acids is 1. The summed E-state index contributed by atoms with van der Waals surface area (Å²) in [5.74, 6) is -1.66. The first-order valence-corrected chi connectivity index (χ1v) is 17.1. The maximum Gasteiger partial charge on any atom is 0.317 e. The van der Waals surface area contributed by atoms with E-state index >= 15 is 4.39 Å². The zero-order chi connectivity index (χ0) is 33.9. The Balaban J connectivity index is 1.33. The van der Waals surface area contributed by atoms with Crippen molar-refractivity contribution in [3.8, 4) is 12.1 Å². The third-order valence-corrected chi connectivity index (χ3v) is 10.1. The van der Waals surface area contributed by atoms with Crippen LogP contribution in [0.4, 0.5) is 10.1 Å². The van der Waals surface area contributed by atoms with Gasteiger partial charge in [-0.3, -0.25) is 9.78 Å². The number of nitrogens with one attached hydrogen (secondary N) is 1. The summed E-state index contributed by atoms with van der Waals surface area (Å²) >= 11 is 6.73. The molecule has 0 aliphatic carbocycles. The number of fused-ring (bicyclic) bond motifs is 2. The van der Waals surface area contributed by atoms with Crippen LogP contribution in [-0.4, -0.2) is 89.1 Å². The van der Waals surface area contributed by atoms with Crippen molar-refractivity contribution < 1.29 is 13.9 Å². The van der Waals surface area contributed by atoms with Crippen LogP contribution in [-0.2, 0) is 17.8 Å². The van der Waals surface area contributed by atoms with Gasteiger partial charge in [-0.15, -0.1) is 0 Å². The minimum absolute atomic E-state index is 0.0663. The molecule has 12 heteroatoms. The molecule has 0 spiro atoms. The van der Waals surface area contributed by atoms with Crippen molar-refractivity contribution in [3.05, 3.63) is 94.3 Å². The molecule has 2 aromatic heterocycles. The number of likely N-dealkylation sites (N-methyl/N-ethyl adjacent to an activating group) is 1. The van der Waals surface area contributed by atoms with Crippen LogP contribution in [0.3, 0.4) is 0 Å². The molecule has 4 aromatic rings. The minimum atomic E-state index is -0.920. The van der Waals surface area contributed by atoms with Gasteiger partial charge in [0, 0.05) is 72.9 Å². The van der Waals surface area contributed by atoms with Crippen LogP contribution in [0.5, 0.6) is 6.01 Å². The average molecular weight is 681 g/mol.